The lowest BCUT2D eigenvalue weighted by Gasteiger charge is -2.35. The zero-order valence-corrected chi connectivity index (χ0v) is 13.3. The molecular weight excluding hydrogens is 248 g/mol. The molecule has 1 heterocycles. The van der Waals surface area contributed by atoms with E-state index in [0.717, 1.165) is 31.9 Å². The van der Waals surface area contributed by atoms with Crippen molar-refractivity contribution in [3.8, 4) is 5.75 Å². The summed E-state index contributed by atoms with van der Waals surface area (Å²) in [5, 5.41) is 3.49. The first kappa shape index (κ1) is 15.3. The summed E-state index contributed by atoms with van der Waals surface area (Å²) in [6.07, 6.45) is 1.27. The van der Waals surface area contributed by atoms with E-state index in [1.54, 1.807) is 7.11 Å². The first-order chi connectivity index (χ1) is 9.58. The van der Waals surface area contributed by atoms with Gasteiger partial charge in [0, 0.05) is 19.1 Å². The summed E-state index contributed by atoms with van der Waals surface area (Å²) in [5.74, 6) is 0.944. The van der Waals surface area contributed by atoms with Crippen LogP contribution in [0, 0.1) is 5.41 Å². The Kier molecular flexibility index (Phi) is 5.06. The standard InChI is InChI=1S/C17H28N2O/c1-5-19(13-17(3)9-10-18-12-17)14(2)15-7-6-8-16(11-15)20-4/h6-8,11,14,18H,5,9-10,12-13H2,1-4H3. The van der Waals surface area contributed by atoms with Gasteiger partial charge in [0.1, 0.15) is 5.75 Å². The molecule has 3 nitrogen and oxygen atoms in total. The quantitative estimate of drug-likeness (QED) is 0.864. The van der Waals surface area contributed by atoms with Gasteiger partial charge in [0.25, 0.3) is 0 Å². The van der Waals surface area contributed by atoms with Crippen LogP contribution in [0.1, 0.15) is 38.8 Å². The lowest BCUT2D eigenvalue weighted by atomic mass is 9.88. The van der Waals surface area contributed by atoms with Crippen LogP contribution in [-0.4, -0.2) is 38.2 Å². The van der Waals surface area contributed by atoms with E-state index in [1.165, 1.54) is 12.0 Å². The van der Waals surface area contributed by atoms with Crippen molar-refractivity contribution in [1.82, 2.24) is 10.2 Å². The number of methoxy groups -OCH3 is 1. The first-order valence-electron chi connectivity index (χ1n) is 7.67. The molecule has 1 aromatic carbocycles. The van der Waals surface area contributed by atoms with Gasteiger partial charge in [-0.3, -0.25) is 4.90 Å². The Morgan fingerprint density at radius 1 is 1.45 bits per heavy atom. The lowest BCUT2D eigenvalue weighted by molar-refractivity contribution is 0.143. The number of nitrogens with one attached hydrogen (secondary N) is 1. The molecule has 1 aliphatic heterocycles. The van der Waals surface area contributed by atoms with Gasteiger partial charge in [-0.05, 0) is 49.5 Å². The maximum Gasteiger partial charge on any atom is 0.119 e. The number of benzene rings is 1. The van der Waals surface area contributed by atoms with Crippen molar-refractivity contribution in [1.29, 1.82) is 0 Å². The SMILES string of the molecule is CCN(CC1(C)CCNC1)C(C)c1cccc(OC)c1. The highest BCUT2D eigenvalue weighted by molar-refractivity contribution is 5.30. The van der Waals surface area contributed by atoms with Gasteiger partial charge in [0.15, 0.2) is 0 Å². The summed E-state index contributed by atoms with van der Waals surface area (Å²) in [5.41, 5.74) is 1.74. The van der Waals surface area contributed by atoms with Crippen LogP contribution < -0.4 is 10.1 Å². The molecule has 1 N–H and O–H groups in total. The predicted molar refractivity (Wildman–Crippen MR) is 84.2 cm³/mol. The van der Waals surface area contributed by atoms with Gasteiger partial charge < -0.3 is 10.1 Å². The van der Waals surface area contributed by atoms with Crippen molar-refractivity contribution >= 4 is 0 Å². The average molecular weight is 276 g/mol. The van der Waals surface area contributed by atoms with Crippen molar-refractivity contribution < 1.29 is 4.74 Å². The van der Waals surface area contributed by atoms with Crippen molar-refractivity contribution in [2.45, 2.75) is 33.2 Å². The molecule has 112 valence electrons. The van der Waals surface area contributed by atoms with Crippen LogP contribution in [0.4, 0.5) is 0 Å². The molecule has 3 heteroatoms. The fraction of sp³-hybridized carbons (Fsp3) is 0.647. The van der Waals surface area contributed by atoms with E-state index in [-0.39, 0.29) is 0 Å². The molecular formula is C17H28N2O. The van der Waals surface area contributed by atoms with Gasteiger partial charge in [-0.2, -0.15) is 0 Å². The second kappa shape index (κ2) is 6.59. The molecule has 0 saturated carbocycles. The molecule has 0 amide bonds. The van der Waals surface area contributed by atoms with Gasteiger partial charge in [-0.1, -0.05) is 26.0 Å². The van der Waals surface area contributed by atoms with Gasteiger partial charge in [0.2, 0.25) is 0 Å². The summed E-state index contributed by atoms with van der Waals surface area (Å²) in [6, 6.07) is 8.87. The van der Waals surface area contributed by atoms with Crippen LogP contribution in [0.3, 0.4) is 0 Å². The Bertz CT molecular complexity index is 427. The smallest absolute Gasteiger partial charge is 0.119 e. The molecule has 1 aromatic rings. The molecule has 1 fully saturated rings. The Balaban J connectivity index is 2.09. The van der Waals surface area contributed by atoms with E-state index >= 15 is 0 Å². The fourth-order valence-electron chi connectivity index (χ4n) is 3.13. The molecule has 1 aliphatic rings. The molecule has 20 heavy (non-hydrogen) atoms. The summed E-state index contributed by atoms with van der Waals surface area (Å²) < 4.78 is 5.34. The topological polar surface area (TPSA) is 24.5 Å². The molecule has 2 unspecified atom stereocenters. The highest BCUT2D eigenvalue weighted by Gasteiger charge is 2.31. The molecule has 2 atom stereocenters. The zero-order valence-electron chi connectivity index (χ0n) is 13.3. The number of hydrogen-bond donors (Lipinski definition) is 1. The summed E-state index contributed by atoms with van der Waals surface area (Å²) >= 11 is 0. The second-order valence-corrected chi connectivity index (χ2v) is 6.25. The van der Waals surface area contributed by atoms with Crippen LogP contribution in [-0.2, 0) is 0 Å². The molecule has 0 spiro atoms. The number of rotatable bonds is 6. The molecule has 0 aliphatic carbocycles. The maximum absolute atomic E-state index is 5.34. The van der Waals surface area contributed by atoms with E-state index in [4.69, 9.17) is 4.74 Å². The fourth-order valence-corrected chi connectivity index (χ4v) is 3.13. The largest absolute Gasteiger partial charge is 0.497 e. The number of hydrogen-bond acceptors (Lipinski definition) is 3. The van der Waals surface area contributed by atoms with E-state index < -0.39 is 0 Å². The molecule has 2 rings (SSSR count). The maximum atomic E-state index is 5.34. The van der Waals surface area contributed by atoms with E-state index in [9.17, 15) is 0 Å². The highest BCUT2D eigenvalue weighted by Crippen LogP contribution is 2.30. The Morgan fingerprint density at radius 2 is 2.25 bits per heavy atom. The number of ether oxygens (including phenoxy) is 1. The van der Waals surface area contributed by atoms with Crippen LogP contribution in [0.15, 0.2) is 24.3 Å². The van der Waals surface area contributed by atoms with Crippen LogP contribution in [0.25, 0.3) is 0 Å². The molecule has 0 bridgehead atoms. The Hall–Kier alpha value is -1.06. The average Bonchev–Trinajstić information content (AvgIpc) is 2.91. The van der Waals surface area contributed by atoms with Gasteiger partial charge in [-0.25, -0.2) is 0 Å². The second-order valence-electron chi connectivity index (χ2n) is 6.25. The zero-order chi connectivity index (χ0) is 14.6. The Morgan fingerprint density at radius 3 is 2.85 bits per heavy atom. The third-order valence-electron chi connectivity index (χ3n) is 4.57. The van der Waals surface area contributed by atoms with Crippen molar-refractivity contribution in [3.05, 3.63) is 29.8 Å². The minimum absolute atomic E-state index is 0.406. The van der Waals surface area contributed by atoms with Gasteiger partial charge in [0.05, 0.1) is 7.11 Å². The van der Waals surface area contributed by atoms with Crippen molar-refractivity contribution in [2.24, 2.45) is 5.41 Å². The van der Waals surface area contributed by atoms with Gasteiger partial charge in [-0.15, -0.1) is 0 Å². The van der Waals surface area contributed by atoms with E-state index in [2.05, 4.69) is 49.2 Å². The first-order valence-corrected chi connectivity index (χ1v) is 7.67. The minimum Gasteiger partial charge on any atom is -0.497 e. The predicted octanol–water partition coefficient (Wildman–Crippen LogP) is 3.08. The monoisotopic (exact) mass is 276 g/mol. The third kappa shape index (κ3) is 3.53. The van der Waals surface area contributed by atoms with Crippen LogP contribution >= 0.6 is 0 Å². The van der Waals surface area contributed by atoms with E-state index in [0.29, 0.717) is 11.5 Å². The highest BCUT2D eigenvalue weighted by atomic mass is 16.5. The Labute approximate surface area is 123 Å². The van der Waals surface area contributed by atoms with Crippen molar-refractivity contribution in [3.63, 3.8) is 0 Å². The van der Waals surface area contributed by atoms with E-state index in [1.807, 2.05) is 6.07 Å². The van der Waals surface area contributed by atoms with Crippen molar-refractivity contribution in [2.75, 3.05) is 33.3 Å². The molecule has 1 saturated heterocycles. The lowest BCUT2D eigenvalue weighted by Crippen LogP contribution is -2.38. The minimum atomic E-state index is 0.406. The number of nitrogens with zero attached hydrogens (tertiary/aromatic N) is 1. The normalized spacial score (nSPS) is 24.1. The van der Waals surface area contributed by atoms with Gasteiger partial charge >= 0.3 is 0 Å². The summed E-state index contributed by atoms with van der Waals surface area (Å²) in [7, 11) is 1.73. The molecule has 0 aromatic heterocycles. The summed E-state index contributed by atoms with van der Waals surface area (Å²) in [6.45, 7) is 11.5. The van der Waals surface area contributed by atoms with Crippen LogP contribution in [0.5, 0.6) is 5.75 Å². The molecule has 0 radical (unpaired) electrons. The summed E-state index contributed by atoms with van der Waals surface area (Å²) in [4.78, 5) is 2.57. The van der Waals surface area contributed by atoms with Crippen LogP contribution in [0.2, 0.25) is 0 Å². The third-order valence-corrected chi connectivity index (χ3v) is 4.57.